The fraction of sp³-hybridized carbons (Fsp3) is 0. The van der Waals surface area contributed by atoms with Crippen molar-refractivity contribution in [3.8, 4) is 56.4 Å². The molecular formula is C43H27N3O. The average Bonchev–Trinajstić information content (AvgIpc) is 3.62. The SMILES string of the molecule is [2H]c1c([2H])c([2H])c(-c2nc(-c3ccc(-c4cccc5oc6ccccc6c45)cc3)nc(-c3c([2H])c([2H])c4c([2H])c(-c5ccccc5)c([2H])c([2H])c4c3[2H])n2)c([2H])c1[2H]. The van der Waals surface area contributed by atoms with Crippen LogP contribution >= 0.6 is 0 Å². The first-order valence-corrected chi connectivity index (χ1v) is 14.8. The molecule has 0 aliphatic heterocycles. The van der Waals surface area contributed by atoms with Crippen LogP contribution in [0.5, 0.6) is 0 Å². The van der Waals surface area contributed by atoms with Crippen LogP contribution in [-0.2, 0) is 0 Å². The molecule has 0 saturated heterocycles. The molecule has 9 aromatic rings. The molecule has 4 nitrogen and oxygen atoms in total. The third kappa shape index (κ3) is 4.93. The molecule has 2 aromatic heterocycles. The number of aromatic nitrogens is 3. The molecule has 0 unspecified atom stereocenters. The van der Waals surface area contributed by atoms with Gasteiger partial charge in [0.05, 0.1) is 15.1 Å². The maximum Gasteiger partial charge on any atom is 0.164 e. The van der Waals surface area contributed by atoms with E-state index in [1.807, 2.05) is 54.6 Å². The van der Waals surface area contributed by atoms with Crippen LogP contribution in [-0.4, -0.2) is 15.0 Å². The van der Waals surface area contributed by atoms with Crippen molar-refractivity contribution in [2.45, 2.75) is 0 Å². The Morgan fingerprint density at radius 3 is 1.83 bits per heavy atom. The number of hydrogen-bond donors (Lipinski definition) is 0. The van der Waals surface area contributed by atoms with Gasteiger partial charge in [0.1, 0.15) is 11.2 Å². The van der Waals surface area contributed by atoms with E-state index < -0.39 is 54.4 Å². The Kier molecular flexibility index (Phi) is 4.27. The maximum atomic E-state index is 9.33. The predicted octanol–water partition coefficient (Wildman–Crippen LogP) is 11.3. The van der Waals surface area contributed by atoms with E-state index in [4.69, 9.17) is 18.1 Å². The third-order valence-electron chi connectivity index (χ3n) is 7.88. The smallest absolute Gasteiger partial charge is 0.164 e. The second kappa shape index (κ2) is 11.2. The summed E-state index contributed by atoms with van der Waals surface area (Å²) >= 11 is 0. The summed E-state index contributed by atoms with van der Waals surface area (Å²) in [6.45, 7) is 0. The highest BCUT2D eigenvalue weighted by molar-refractivity contribution is 6.12. The minimum absolute atomic E-state index is 0.0244. The molecule has 220 valence electrons. The molecule has 2 heterocycles. The zero-order chi connectivity index (χ0) is 40.7. The number of hydrogen-bond acceptors (Lipinski definition) is 4. The molecule has 0 bridgehead atoms. The van der Waals surface area contributed by atoms with Gasteiger partial charge in [0.2, 0.25) is 0 Å². The molecule has 0 aliphatic carbocycles. The molecule has 0 atom stereocenters. The molecule has 4 heteroatoms. The normalized spacial score (nSPS) is 14.7. The van der Waals surface area contributed by atoms with Crippen molar-refractivity contribution >= 4 is 32.7 Å². The first kappa shape index (κ1) is 17.9. The van der Waals surface area contributed by atoms with Gasteiger partial charge in [0.15, 0.2) is 17.5 Å². The quantitative estimate of drug-likeness (QED) is 0.194. The van der Waals surface area contributed by atoms with Crippen molar-refractivity contribution < 1.29 is 19.5 Å². The van der Waals surface area contributed by atoms with Gasteiger partial charge in [-0.1, -0.05) is 139 Å². The van der Waals surface area contributed by atoms with E-state index in [0.717, 1.165) is 33.1 Å². The van der Waals surface area contributed by atoms with Gasteiger partial charge in [0, 0.05) is 27.5 Å². The average molecular weight is 613 g/mol. The molecule has 0 saturated carbocycles. The van der Waals surface area contributed by atoms with Gasteiger partial charge < -0.3 is 4.42 Å². The Bertz CT molecular complexity index is 3160. The second-order valence-electron chi connectivity index (χ2n) is 10.8. The van der Waals surface area contributed by atoms with Gasteiger partial charge in [-0.3, -0.25) is 0 Å². The highest BCUT2D eigenvalue weighted by Gasteiger charge is 2.15. The summed E-state index contributed by atoms with van der Waals surface area (Å²) in [7, 11) is 0. The predicted molar refractivity (Wildman–Crippen MR) is 192 cm³/mol. The lowest BCUT2D eigenvalue weighted by Gasteiger charge is -2.10. The summed E-state index contributed by atoms with van der Waals surface area (Å²) in [5, 5.41) is 1.50. The monoisotopic (exact) mass is 612 g/mol. The Morgan fingerprint density at radius 2 is 1.04 bits per heavy atom. The fourth-order valence-electron chi connectivity index (χ4n) is 5.64. The van der Waals surface area contributed by atoms with Crippen molar-refractivity contribution in [2.75, 3.05) is 0 Å². The summed E-state index contributed by atoms with van der Waals surface area (Å²) in [6.07, 6.45) is 0. The molecule has 0 radical (unpaired) electrons. The molecule has 47 heavy (non-hydrogen) atoms. The van der Waals surface area contributed by atoms with Gasteiger partial charge in [-0.05, 0) is 57.2 Å². The standard InChI is InChI=1S/C43H27N3O/c1-3-10-28(11-4-1)32-22-23-34-27-35(25-24-33(34)26-32)43-45-41(30-12-5-2-6-13-30)44-42(46-43)31-20-18-29(19-21-31)36-15-9-17-39-40(36)37-14-7-8-16-38(37)47-39/h1-27H/i2D,5D,6D,12D,13D,22D,23D,24D,25D,26D,27D. The van der Waals surface area contributed by atoms with Crippen LogP contribution in [0.3, 0.4) is 0 Å². The van der Waals surface area contributed by atoms with Crippen molar-refractivity contribution in [2.24, 2.45) is 0 Å². The van der Waals surface area contributed by atoms with Gasteiger partial charge in [-0.15, -0.1) is 0 Å². The van der Waals surface area contributed by atoms with E-state index in [1.54, 1.807) is 42.5 Å². The van der Waals surface area contributed by atoms with Gasteiger partial charge >= 0.3 is 0 Å². The number of fused-ring (bicyclic) bond motifs is 4. The Labute approximate surface area is 287 Å². The number of nitrogens with zero attached hydrogens (tertiary/aromatic N) is 3. The number of para-hydroxylation sites is 1. The van der Waals surface area contributed by atoms with E-state index in [2.05, 4.69) is 15.0 Å². The third-order valence-corrected chi connectivity index (χ3v) is 7.88. The van der Waals surface area contributed by atoms with Gasteiger partial charge in [-0.2, -0.15) is 0 Å². The summed E-state index contributed by atoms with van der Waals surface area (Å²) in [6, 6.07) is 23.7. The molecule has 0 spiro atoms. The topological polar surface area (TPSA) is 51.8 Å². The van der Waals surface area contributed by atoms with E-state index in [9.17, 15) is 1.37 Å². The number of rotatable bonds is 5. The van der Waals surface area contributed by atoms with Gasteiger partial charge in [0.25, 0.3) is 0 Å². The first-order chi connectivity index (χ1) is 27.9. The minimum Gasteiger partial charge on any atom is -0.456 e. The van der Waals surface area contributed by atoms with Crippen LogP contribution in [0.4, 0.5) is 0 Å². The van der Waals surface area contributed by atoms with Crippen molar-refractivity contribution in [3.63, 3.8) is 0 Å². The lowest BCUT2D eigenvalue weighted by atomic mass is 9.98. The summed E-state index contributed by atoms with van der Waals surface area (Å²) < 4.78 is 103. The minimum atomic E-state index is -0.620. The summed E-state index contributed by atoms with van der Waals surface area (Å²) in [5.41, 5.74) is 3.54. The van der Waals surface area contributed by atoms with E-state index in [-0.39, 0.29) is 57.0 Å². The lowest BCUT2D eigenvalue weighted by Crippen LogP contribution is -2.00. The molecule has 7 aromatic carbocycles. The van der Waals surface area contributed by atoms with Crippen molar-refractivity contribution in [1.82, 2.24) is 15.0 Å². The molecular weight excluding hydrogens is 574 g/mol. The van der Waals surface area contributed by atoms with Crippen LogP contribution < -0.4 is 0 Å². The van der Waals surface area contributed by atoms with Gasteiger partial charge in [-0.25, -0.2) is 15.0 Å². The second-order valence-corrected chi connectivity index (χ2v) is 10.8. The number of furan rings is 1. The van der Waals surface area contributed by atoms with Crippen LogP contribution in [0, 0.1) is 0 Å². The first-order valence-electron chi connectivity index (χ1n) is 20.3. The molecule has 9 rings (SSSR count). The lowest BCUT2D eigenvalue weighted by molar-refractivity contribution is 0.669. The zero-order valence-corrected chi connectivity index (χ0v) is 24.5. The molecule has 0 N–H and O–H groups in total. The van der Waals surface area contributed by atoms with E-state index in [0.29, 0.717) is 11.1 Å². The Hall–Kier alpha value is -6.39. The van der Waals surface area contributed by atoms with Crippen LogP contribution in [0.25, 0.3) is 89.1 Å². The van der Waals surface area contributed by atoms with Crippen LogP contribution in [0.2, 0.25) is 0 Å². The van der Waals surface area contributed by atoms with Crippen LogP contribution in [0.1, 0.15) is 15.1 Å². The highest BCUT2D eigenvalue weighted by Crippen LogP contribution is 2.37. The molecule has 0 fully saturated rings. The number of benzene rings is 7. The highest BCUT2D eigenvalue weighted by atomic mass is 16.3. The fourth-order valence-corrected chi connectivity index (χ4v) is 5.64. The Balaban J connectivity index is 1.28. The maximum absolute atomic E-state index is 9.33. The summed E-state index contributed by atoms with van der Waals surface area (Å²) in [5.74, 6) is -0.696. The zero-order valence-electron chi connectivity index (χ0n) is 35.5. The Morgan fingerprint density at radius 1 is 0.426 bits per heavy atom. The van der Waals surface area contributed by atoms with Crippen LogP contribution in [0.15, 0.2) is 168 Å². The van der Waals surface area contributed by atoms with E-state index in [1.165, 1.54) is 0 Å². The van der Waals surface area contributed by atoms with Crippen molar-refractivity contribution in [3.05, 3.63) is 164 Å². The molecule has 0 amide bonds. The molecule has 0 aliphatic rings. The summed E-state index contributed by atoms with van der Waals surface area (Å²) in [4.78, 5) is 13.7. The largest absolute Gasteiger partial charge is 0.456 e. The van der Waals surface area contributed by atoms with E-state index >= 15 is 0 Å². The van der Waals surface area contributed by atoms with Crippen molar-refractivity contribution in [1.29, 1.82) is 0 Å².